The summed E-state index contributed by atoms with van der Waals surface area (Å²) in [4.78, 5) is 0. The molecule has 0 fully saturated rings. The number of ether oxygens (including phenoxy) is 1. The molecule has 0 aliphatic heterocycles. The average Bonchev–Trinajstić information content (AvgIpc) is 2.25. The third kappa shape index (κ3) is 3.06. The molecule has 0 amide bonds. The summed E-state index contributed by atoms with van der Waals surface area (Å²) in [7, 11) is 3.23. The molecular formula is C14H21F2NO. The van der Waals surface area contributed by atoms with E-state index in [4.69, 9.17) is 4.74 Å². The fourth-order valence-electron chi connectivity index (χ4n) is 2.24. The van der Waals surface area contributed by atoms with Gasteiger partial charge in [-0.05, 0) is 24.6 Å². The molecule has 0 spiro atoms. The topological polar surface area (TPSA) is 21.3 Å². The Kier molecular flexibility index (Phi) is 4.82. The van der Waals surface area contributed by atoms with Gasteiger partial charge in [-0.25, -0.2) is 8.78 Å². The SMILES string of the molecule is CNC(c1c(F)cccc1F)C(OC)C(C)(C)C. The molecule has 0 bridgehead atoms. The van der Waals surface area contributed by atoms with Crippen LogP contribution in [0.25, 0.3) is 0 Å². The molecule has 1 aromatic rings. The average molecular weight is 257 g/mol. The van der Waals surface area contributed by atoms with E-state index in [-0.39, 0.29) is 17.1 Å². The fraction of sp³-hybridized carbons (Fsp3) is 0.571. The van der Waals surface area contributed by atoms with Gasteiger partial charge in [-0.2, -0.15) is 0 Å². The molecule has 102 valence electrons. The zero-order valence-corrected chi connectivity index (χ0v) is 11.6. The van der Waals surface area contributed by atoms with E-state index < -0.39 is 17.7 Å². The van der Waals surface area contributed by atoms with E-state index in [2.05, 4.69) is 5.32 Å². The van der Waals surface area contributed by atoms with Gasteiger partial charge in [0.05, 0.1) is 12.1 Å². The Labute approximate surface area is 107 Å². The van der Waals surface area contributed by atoms with E-state index in [9.17, 15) is 8.78 Å². The number of hydrogen-bond donors (Lipinski definition) is 1. The smallest absolute Gasteiger partial charge is 0.131 e. The van der Waals surface area contributed by atoms with Crippen LogP contribution in [0.5, 0.6) is 0 Å². The van der Waals surface area contributed by atoms with E-state index >= 15 is 0 Å². The van der Waals surface area contributed by atoms with Crippen molar-refractivity contribution in [3.05, 3.63) is 35.4 Å². The highest BCUT2D eigenvalue weighted by Gasteiger charge is 2.35. The molecule has 0 saturated heterocycles. The van der Waals surface area contributed by atoms with Gasteiger partial charge in [0.15, 0.2) is 0 Å². The summed E-state index contributed by atoms with van der Waals surface area (Å²) >= 11 is 0. The lowest BCUT2D eigenvalue weighted by Gasteiger charge is -2.36. The zero-order chi connectivity index (χ0) is 13.9. The van der Waals surface area contributed by atoms with Crippen molar-refractivity contribution in [3.63, 3.8) is 0 Å². The molecule has 1 N–H and O–H groups in total. The molecule has 2 nitrogen and oxygen atoms in total. The van der Waals surface area contributed by atoms with Crippen LogP contribution >= 0.6 is 0 Å². The first-order chi connectivity index (χ1) is 8.32. The van der Waals surface area contributed by atoms with Crippen molar-refractivity contribution in [1.29, 1.82) is 0 Å². The van der Waals surface area contributed by atoms with Crippen molar-refractivity contribution >= 4 is 0 Å². The number of halogens is 2. The van der Waals surface area contributed by atoms with Crippen LogP contribution in [-0.2, 0) is 4.74 Å². The molecule has 0 heterocycles. The van der Waals surface area contributed by atoms with Crippen molar-refractivity contribution < 1.29 is 13.5 Å². The lowest BCUT2D eigenvalue weighted by atomic mass is 9.81. The van der Waals surface area contributed by atoms with Crippen LogP contribution in [0.3, 0.4) is 0 Å². The Morgan fingerprint density at radius 2 is 1.67 bits per heavy atom. The van der Waals surface area contributed by atoms with E-state index in [0.717, 1.165) is 0 Å². The standard InChI is InChI=1S/C14H21F2NO/c1-14(2,3)13(18-5)12(17-4)11-9(15)7-6-8-10(11)16/h6-8,12-13,17H,1-5H3. The molecule has 0 radical (unpaired) electrons. The minimum absolute atomic E-state index is 0.0294. The molecule has 1 aromatic carbocycles. The van der Waals surface area contributed by atoms with E-state index in [1.54, 1.807) is 14.2 Å². The van der Waals surface area contributed by atoms with Crippen LogP contribution in [0.4, 0.5) is 8.78 Å². The fourth-order valence-corrected chi connectivity index (χ4v) is 2.24. The van der Waals surface area contributed by atoms with Crippen LogP contribution in [0.1, 0.15) is 32.4 Å². The minimum Gasteiger partial charge on any atom is -0.379 e. The summed E-state index contributed by atoms with van der Waals surface area (Å²) in [6.45, 7) is 5.93. The van der Waals surface area contributed by atoms with Gasteiger partial charge in [-0.3, -0.25) is 0 Å². The molecule has 0 aliphatic carbocycles. The van der Waals surface area contributed by atoms with Gasteiger partial charge in [0.2, 0.25) is 0 Å². The third-order valence-corrected chi connectivity index (χ3v) is 3.03. The first-order valence-corrected chi connectivity index (χ1v) is 5.97. The summed E-state index contributed by atoms with van der Waals surface area (Å²) in [6, 6.07) is 3.35. The maximum atomic E-state index is 13.8. The summed E-state index contributed by atoms with van der Waals surface area (Å²) in [5.74, 6) is -1.11. The van der Waals surface area contributed by atoms with Gasteiger partial charge in [-0.1, -0.05) is 26.8 Å². The number of methoxy groups -OCH3 is 1. The second kappa shape index (κ2) is 5.76. The van der Waals surface area contributed by atoms with Gasteiger partial charge in [-0.15, -0.1) is 0 Å². The lowest BCUT2D eigenvalue weighted by molar-refractivity contribution is -0.0118. The molecule has 0 aromatic heterocycles. The molecule has 2 atom stereocenters. The molecular weight excluding hydrogens is 236 g/mol. The van der Waals surface area contributed by atoms with Gasteiger partial charge in [0.1, 0.15) is 11.6 Å². The monoisotopic (exact) mass is 257 g/mol. The third-order valence-electron chi connectivity index (χ3n) is 3.03. The normalized spacial score (nSPS) is 15.5. The van der Waals surface area contributed by atoms with Gasteiger partial charge >= 0.3 is 0 Å². The number of benzene rings is 1. The van der Waals surface area contributed by atoms with Crippen molar-refractivity contribution in [1.82, 2.24) is 5.32 Å². The Balaban J connectivity index is 3.24. The molecule has 0 saturated carbocycles. The predicted octanol–water partition coefficient (Wildman–Crippen LogP) is 3.29. The predicted molar refractivity (Wildman–Crippen MR) is 68.4 cm³/mol. The first-order valence-electron chi connectivity index (χ1n) is 5.97. The lowest BCUT2D eigenvalue weighted by Crippen LogP contribution is -2.41. The molecule has 4 heteroatoms. The Hall–Kier alpha value is -1.00. The van der Waals surface area contributed by atoms with E-state index in [1.165, 1.54) is 18.2 Å². The molecule has 2 unspecified atom stereocenters. The molecule has 18 heavy (non-hydrogen) atoms. The minimum atomic E-state index is -0.555. The number of rotatable bonds is 4. The summed E-state index contributed by atoms with van der Waals surface area (Å²) in [6.07, 6.45) is -0.339. The van der Waals surface area contributed by atoms with Crippen LogP contribution in [-0.4, -0.2) is 20.3 Å². The zero-order valence-electron chi connectivity index (χ0n) is 11.6. The van der Waals surface area contributed by atoms with E-state index in [0.29, 0.717) is 0 Å². The summed E-state index contributed by atoms with van der Waals surface area (Å²) in [5.41, 5.74) is -0.210. The highest BCUT2D eigenvalue weighted by molar-refractivity contribution is 5.25. The second-order valence-corrected chi connectivity index (χ2v) is 5.42. The maximum Gasteiger partial charge on any atom is 0.131 e. The highest BCUT2D eigenvalue weighted by atomic mass is 19.1. The Morgan fingerprint density at radius 3 is 2.00 bits per heavy atom. The number of hydrogen-bond acceptors (Lipinski definition) is 2. The largest absolute Gasteiger partial charge is 0.379 e. The van der Waals surface area contributed by atoms with Gasteiger partial charge < -0.3 is 10.1 Å². The summed E-state index contributed by atoms with van der Waals surface area (Å²) < 4.78 is 33.1. The quantitative estimate of drug-likeness (QED) is 0.893. The maximum absolute atomic E-state index is 13.8. The highest BCUT2D eigenvalue weighted by Crippen LogP contribution is 2.34. The van der Waals surface area contributed by atoms with Crippen molar-refractivity contribution in [2.75, 3.05) is 14.2 Å². The van der Waals surface area contributed by atoms with Crippen molar-refractivity contribution in [2.24, 2.45) is 5.41 Å². The van der Waals surface area contributed by atoms with E-state index in [1.807, 2.05) is 20.8 Å². The van der Waals surface area contributed by atoms with Gasteiger partial charge in [0.25, 0.3) is 0 Å². The van der Waals surface area contributed by atoms with Crippen molar-refractivity contribution in [2.45, 2.75) is 32.9 Å². The van der Waals surface area contributed by atoms with Crippen LogP contribution < -0.4 is 5.32 Å². The van der Waals surface area contributed by atoms with Crippen LogP contribution in [0.2, 0.25) is 0 Å². The number of likely N-dealkylation sites (N-methyl/N-ethyl adjacent to an activating group) is 1. The van der Waals surface area contributed by atoms with Crippen molar-refractivity contribution in [3.8, 4) is 0 Å². The van der Waals surface area contributed by atoms with Crippen LogP contribution in [0.15, 0.2) is 18.2 Å². The Bertz CT molecular complexity index is 381. The first kappa shape index (κ1) is 15.1. The van der Waals surface area contributed by atoms with Crippen LogP contribution in [0, 0.1) is 17.0 Å². The van der Waals surface area contributed by atoms with Gasteiger partial charge in [0, 0.05) is 12.7 Å². The molecule has 1 rings (SSSR count). The summed E-state index contributed by atoms with van der Waals surface area (Å²) in [5, 5.41) is 2.95. The second-order valence-electron chi connectivity index (χ2n) is 5.42. The molecule has 0 aliphatic rings. The Morgan fingerprint density at radius 1 is 1.17 bits per heavy atom. The number of nitrogens with one attached hydrogen (secondary N) is 1.